The van der Waals surface area contributed by atoms with Gasteiger partial charge in [0.25, 0.3) is 0 Å². The summed E-state index contributed by atoms with van der Waals surface area (Å²) in [5, 5.41) is 0. The largest absolute Gasteiger partial charge is 0.466 e. The minimum absolute atomic E-state index is 0. The van der Waals surface area contributed by atoms with E-state index in [0.29, 0.717) is 12.6 Å². The van der Waals surface area contributed by atoms with E-state index in [9.17, 15) is 4.79 Å². The second-order valence-corrected chi connectivity index (χ2v) is 3.47. The maximum absolute atomic E-state index is 11.3. The maximum atomic E-state index is 11.3. The van der Waals surface area contributed by atoms with Crippen LogP contribution in [-0.2, 0) is 9.53 Å². The van der Waals surface area contributed by atoms with E-state index in [1.54, 1.807) is 0 Å². The lowest BCUT2D eigenvalue weighted by Gasteiger charge is -2.26. The molecule has 1 aliphatic rings. The van der Waals surface area contributed by atoms with Gasteiger partial charge in [0.05, 0.1) is 12.5 Å². The summed E-state index contributed by atoms with van der Waals surface area (Å²) in [6, 6.07) is 0.380. The van der Waals surface area contributed by atoms with Crippen molar-refractivity contribution in [1.82, 2.24) is 5.43 Å². The van der Waals surface area contributed by atoms with Crippen molar-refractivity contribution in [3.05, 3.63) is 0 Å². The highest BCUT2D eigenvalue weighted by atomic mass is 35.5. The van der Waals surface area contributed by atoms with Crippen LogP contribution in [-0.4, -0.2) is 18.6 Å². The Morgan fingerprint density at radius 2 is 2.00 bits per heavy atom. The minimum atomic E-state index is -0.0435. The van der Waals surface area contributed by atoms with E-state index in [1.165, 1.54) is 0 Å². The number of rotatable bonds is 3. The Balaban J connectivity index is 0.00000169. The predicted molar refractivity (Wildman–Crippen MR) is 57.0 cm³/mol. The van der Waals surface area contributed by atoms with Gasteiger partial charge < -0.3 is 4.74 Å². The first kappa shape index (κ1) is 13.7. The summed E-state index contributed by atoms with van der Waals surface area (Å²) < 4.78 is 4.96. The molecule has 0 amide bonds. The maximum Gasteiger partial charge on any atom is 0.308 e. The first-order chi connectivity index (χ1) is 6.27. The molecule has 84 valence electrons. The molecular formula is C9H19ClN2O2. The van der Waals surface area contributed by atoms with Crippen LogP contribution in [0, 0.1) is 5.92 Å². The van der Waals surface area contributed by atoms with E-state index < -0.39 is 0 Å². The topological polar surface area (TPSA) is 64.3 Å². The molecule has 0 saturated heterocycles. The van der Waals surface area contributed by atoms with Crippen LogP contribution < -0.4 is 11.3 Å². The fourth-order valence-corrected chi connectivity index (χ4v) is 1.76. The van der Waals surface area contributed by atoms with E-state index in [0.717, 1.165) is 25.7 Å². The number of nitrogens with one attached hydrogen (secondary N) is 1. The molecule has 0 heterocycles. The second kappa shape index (κ2) is 7.04. The van der Waals surface area contributed by atoms with Crippen molar-refractivity contribution in [2.75, 3.05) is 6.61 Å². The molecule has 0 spiro atoms. The first-order valence-corrected chi connectivity index (χ1v) is 4.90. The standard InChI is InChI=1S/C9H18N2O2.ClH/c1-2-13-9(12)7-3-5-8(11-10)6-4-7;/h7-8,11H,2-6,10H2,1H3;1H/t7-,8-;. The molecule has 1 saturated carbocycles. The second-order valence-electron chi connectivity index (χ2n) is 3.47. The van der Waals surface area contributed by atoms with Crippen LogP contribution in [0.4, 0.5) is 0 Å². The highest BCUT2D eigenvalue weighted by Crippen LogP contribution is 2.24. The van der Waals surface area contributed by atoms with Crippen molar-refractivity contribution >= 4 is 18.4 Å². The average Bonchev–Trinajstić information content (AvgIpc) is 2.18. The lowest BCUT2D eigenvalue weighted by Crippen LogP contribution is -2.39. The van der Waals surface area contributed by atoms with Gasteiger partial charge in [-0.15, -0.1) is 12.4 Å². The smallest absolute Gasteiger partial charge is 0.308 e. The number of carbonyl (C=O) groups excluding carboxylic acids is 1. The van der Waals surface area contributed by atoms with Crippen LogP contribution in [0.25, 0.3) is 0 Å². The number of nitrogens with two attached hydrogens (primary N) is 1. The molecule has 0 aromatic carbocycles. The molecule has 0 radical (unpaired) electrons. The molecule has 5 heteroatoms. The molecule has 1 fully saturated rings. The van der Waals surface area contributed by atoms with Gasteiger partial charge in [0, 0.05) is 6.04 Å². The molecule has 0 aliphatic heterocycles. The summed E-state index contributed by atoms with van der Waals surface area (Å²) in [4.78, 5) is 11.3. The Morgan fingerprint density at radius 3 is 2.43 bits per heavy atom. The Hall–Kier alpha value is -0.320. The van der Waals surface area contributed by atoms with E-state index in [1.807, 2.05) is 6.92 Å². The molecule has 3 N–H and O–H groups in total. The average molecular weight is 223 g/mol. The van der Waals surface area contributed by atoms with Crippen molar-refractivity contribution in [1.29, 1.82) is 0 Å². The van der Waals surface area contributed by atoms with Crippen LogP contribution in [0.15, 0.2) is 0 Å². The Morgan fingerprint density at radius 1 is 1.43 bits per heavy atom. The number of carbonyl (C=O) groups is 1. The Kier molecular flexibility index (Phi) is 6.87. The third kappa shape index (κ3) is 3.82. The zero-order valence-electron chi connectivity index (χ0n) is 8.49. The van der Waals surface area contributed by atoms with Gasteiger partial charge in [0.2, 0.25) is 0 Å². The summed E-state index contributed by atoms with van der Waals surface area (Å²) in [5.41, 5.74) is 2.74. The van der Waals surface area contributed by atoms with Crippen molar-refractivity contribution in [3.8, 4) is 0 Å². The van der Waals surface area contributed by atoms with E-state index >= 15 is 0 Å². The molecule has 1 aliphatic carbocycles. The highest BCUT2D eigenvalue weighted by Gasteiger charge is 2.26. The first-order valence-electron chi connectivity index (χ1n) is 4.90. The summed E-state index contributed by atoms with van der Waals surface area (Å²) in [7, 11) is 0. The summed E-state index contributed by atoms with van der Waals surface area (Å²) in [5.74, 6) is 5.38. The summed E-state index contributed by atoms with van der Waals surface area (Å²) in [6.45, 7) is 2.32. The van der Waals surface area contributed by atoms with E-state index in [-0.39, 0.29) is 24.3 Å². The van der Waals surface area contributed by atoms with Gasteiger partial charge in [-0.2, -0.15) is 0 Å². The quantitative estimate of drug-likeness (QED) is 0.425. The fraction of sp³-hybridized carbons (Fsp3) is 0.889. The van der Waals surface area contributed by atoms with Crippen molar-refractivity contribution in [2.24, 2.45) is 11.8 Å². The summed E-state index contributed by atoms with van der Waals surface area (Å²) in [6.07, 6.45) is 3.74. The lowest BCUT2D eigenvalue weighted by molar-refractivity contribution is -0.149. The van der Waals surface area contributed by atoms with E-state index in [4.69, 9.17) is 10.6 Å². The van der Waals surface area contributed by atoms with Gasteiger partial charge in [0.15, 0.2) is 0 Å². The number of hydrogen-bond donors (Lipinski definition) is 2. The monoisotopic (exact) mass is 222 g/mol. The number of ether oxygens (including phenoxy) is 1. The predicted octanol–water partition coefficient (Wildman–Crippen LogP) is 0.993. The molecule has 0 aromatic rings. The van der Waals surface area contributed by atoms with Crippen LogP contribution >= 0.6 is 12.4 Å². The molecule has 14 heavy (non-hydrogen) atoms. The lowest BCUT2D eigenvalue weighted by atomic mass is 9.86. The fourth-order valence-electron chi connectivity index (χ4n) is 1.76. The van der Waals surface area contributed by atoms with Gasteiger partial charge in [-0.1, -0.05) is 0 Å². The Bertz CT molecular complexity index is 170. The molecule has 0 unspecified atom stereocenters. The number of hydrazine groups is 1. The van der Waals surface area contributed by atoms with Crippen LogP contribution in [0.2, 0.25) is 0 Å². The third-order valence-electron chi connectivity index (χ3n) is 2.58. The van der Waals surface area contributed by atoms with Gasteiger partial charge in [-0.3, -0.25) is 16.1 Å². The SMILES string of the molecule is CCOC(=O)[C@H]1CC[C@H](NN)CC1.Cl. The zero-order chi connectivity index (χ0) is 9.68. The molecule has 4 nitrogen and oxygen atoms in total. The summed E-state index contributed by atoms with van der Waals surface area (Å²) >= 11 is 0. The Labute approximate surface area is 90.9 Å². The van der Waals surface area contributed by atoms with Crippen molar-refractivity contribution in [3.63, 3.8) is 0 Å². The van der Waals surface area contributed by atoms with Crippen molar-refractivity contribution in [2.45, 2.75) is 38.6 Å². The van der Waals surface area contributed by atoms with Gasteiger partial charge in [-0.25, -0.2) is 0 Å². The molecule has 0 bridgehead atoms. The van der Waals surface area contributed by atoms with Crippen LogP contribution in [0.5, 0.6) is 0 Å². The van der Waals surface area contributed by atoms with E-state index in [2.05, 4.69) is 5.43 Å². The number of esters is 1. The minimum Gasteiger partial charge on any atom is -0.466 e. The van der Waals surface area contributed by atoms with Crippen LogP contribution in [0.3, 0.4) is 0 Å². The third-order valence-corrected chi connectivity index (χ3v) is 2.58. The van der Waals surface area contributed by atoms with Gasteiger partial charge in [0.1, 0.15) is 0 Å². The molecule has 0 aromatic heterocycles. The molecule has 0 atom stereocenters. The number of hydrogen-bond acceptors (Lipinski definition) is 4. The normalized spacial score (nSPS) is 26.4. The highest BCUT2D eigenvalue weighted by molar-refractivity contribution is 5.85. The molecular weight excluding hydrogens is 204 g/mol. The van der Waals surface area contributed by atoms with Crippen molar-refractivity contribution < 1.29 is 9.53 Å². The van der Waals surface area contributed by atoms with Gasteiger partial charge in [-0.05, 0) is 32.6 Å². The van der Waals surface area contributed by atoms with Crippen LogP contribution in [0.1, 0.15) is 32.6 Å². The molecule has 1 rings (SSSR count). The zero-order valence-corrected chi connectivity index (χ0v) is 9.31. The number of halogens is 1. The van der Waals surface area contributed by atoms with Gasteiger partial charge >= 0.3 is 5.97 Å².